The third kappa shape index (κ3) is 6.30. The molecule has 0 aliphatic carbocycles. The molecule has 5 nitrogen and oxygen atoms in total. The number of carbonyl (C=O) groups excluding carboxylic acids is 1. The molecule has 0 saturated heterocycles. The van der Waals surface area contributed by atoms with Crippen LogP contribution in [0.2, 0.25) is 18.1 Å². The Hall–Kier alpha value is -2.39. The van der Waals surface area contributed by atoms with Crippen molar-refractivity contribution < 1.29 is 27.1 Å². The van der Waals surface area contributed by atoms with Gasteiger partial charge in [-0.2, -0.15) is 13.2 Å². The maximum atomic E-state index is 13.6. The van der Waals surface area contributed by atoms with Crippen molar-refractivity contribution in [2.24, 2.45) is 0 Å². The van der Waals surface area contributed by atoms with Gasteiger partial charge >= 0.3 is 12.3 Å². The second-order valence-electron chi connectivity index (χ2n) is 8.10. The molecule has 1 unspecified atom stereocenters. The lowest BCUT2D eigenvalue weighted by Gasteiger charge is -2.39. The molecule has 0 radical (unpaired) electrons. The smallest absolute Gasteiger partial charge is 0.410 e. The highest BCUT2D eigenvalue weighted by Crippen LogP contribution is 2.44. The Kier molecular flexibility index (Phi) is 6.74. The zero-order chi connectivity index (χ0) is 21.9. The molecule has 1 aromatic heterocycles. The van der Waals surface area contributed by atoms with Gasteiger partial charge < -0.3 is 9.16 Å². The summed E-state index contributed by atoms with van der Waals surface area (Å²) >= 11 is 0. The summed E-state index contributed by atoms with van der Waals surface area (Å²) in [6.07, 6.45) is -6.36. The quantitative estimate of drug-likeness (QED) is 0.569. The standard InChI is InChI=1S/C20H25F3N2O3Si/c1-19(2,3)29(4,5)28-17(20(21,22)23)16-12-11-14(13-24-16)25-18(26)27-15-9-7-6-8-10-15/h6-13,17H,1-5H3,(H,25,26). The van der Waals surface area contributed by atoms with E-state index in [-0.39, 0.29) is 16.4 Å². The zero-order valence-corrected chi connectivity index (χ0v) is 18.0. The largest absolute Gasteiger partial charge is 0.419 e. The minimum Gasteiger partial charge on any atom is -0.410 e. The third-order valence-electron chi connectivity index (χ3n) is 4.77. The van der Waals surface area contributed by atoms with Gasteiger partial charge in [-0.15, -0.1) is 0 Å². The van der Waals surface area contributed by atoms with Crippen molar-refractivity contribution in [1.82, 2.24) is 4.98 Å². The number of anilines is 1. The van der Waals surface area contributed by atoms with Crippen LogP contribution in [-0.2, 0) is 4.43 Å². The number of hydrogen-bond acceptors (Lipinski definition) is 4. The van der Waals surface area contributed by atoms with E-state index >= 15 is 0 Å². The van der Waals surface area contributed by atoms with E-state index in [1.54, 1.807) is 43.4 Å². The maximum absolute atomic E-state index is 13.6. The molecule has 1 aromatic carbocycles. The highest BCUT2D eigenvalue weighted by Gasteiger charge is 2.49. The molecule has 0 fully saturated rings. The number of nitrogens with one attached hydrogen (secondary N) is 1. The molecule has 1 amide bonds. The van der Waals surface area contributed by atoms with Crippen LogP contribution in [-0.4, -0.2) is 25.6 Å². The van der Waals surface area contributed by atoms with Crippen LogP contribution in [0, 0.1) is 0 Å². The highest BCUT2D eigenvalue weighted by molar-refractivity contribution is 6.74. The number of ether oxygens (including phenoxy) is 1. The van der Waals surface area contributed by atoms with Gasteiger partial charge in [-0.05, 0) is 42.4 Å². The van der Waals surface area contributed by atoms with Crippen LogP contribution < -0.4 is 10.1 Å². The summed E-state index contributed by atoms with van der Waals surface area (Å²) in [7, 11) is -2.69. The van der Waals surface area contributed by atoms with Crippen LogP contribution in [0.5, 0.6) is 5.75 Å². The summed E-state index contributed by atoms with van der Waals surface area (Å²) in [5, 5.41) is 2.04. The fraction of sp³-hybridized carbons (Fsp3) is 0.400. The number of aromatic nitrogens is 1. The summed E-state index contributed by atoms with van der Waals surface area (Å²) in [6, 6.07) is 10.9. The van der Waals surface area contributed by atoms with Crippen molar-refractivity contribution in [3.63, 3.8) is 0 Å². The first-order valence-corrected chi connectivity index (χ1v) is 11.9. The fourth-order valence-electron chi connectivity index (χ4n) is 2.14. The predicted octanol–water partition coefficient (Wildman–Crippen LogP) is 6.32. The number of rotatable bonds is 5. The molecule has 0 bridgehead atoms. The van der Waals surface area contributed by atoms with Crippen molar-refractivity contribution in [3.05, 3.63) is 54.4 Å². The summed E-state index contributed by atoms with van der Waals surface area (Å²) in [5.41, 5.74) is -0.0489. The SMILES string of the molecule is CC(C)(C)[Si](C)(C)OC(c1ccc(NC(=O)Oc2ccccc2)cn1)C(F)(F)F. The Labute approximate surface area is 169 Å². The minimum atomic E-state index is -4.61. The number of nitrogens with zero attached hydrogens (tertiary/aromatic N) is 1. The molecule has 2 aromatic rings. The van der Waals surface area contributed by atoms with E-state index in [4.69, 9.17) is 9.16 Å². The number of halogens is 3. The van der Waals surface area contributed by atoms with Crippen LogP contribution in [0.4, 0.5) is 23.7 Å². The Morgan fingerprint density at radius 3 is 2.17 bits per heavy atom. The molecule has 0 saturated carbocycles. The van der Waals surface area contributed by atoms with Crippen LogP contribution in [0.1, 0.15) is 32.6 Å². The Balaban J connectivity index is 2.13. The van der Waals surface area contributed by atoms with Gasteiger partial charge in [0.25, 0.3) is 0 Å². The molecular formula is C20H25F3N2O3Si. The molecular weight excluding hydrogens is 401 g/mol. The van der Waals surface area contributed by atoms with E-state index in [0.29, 0.717) is 5.75 Å². The molecule has 0 aliphatic heterocycles. The van der Waals surface area contributed by atoms with E-state index in [1.165, 1.54) is 12.1 Å². The first-order valence-electron chi connectivity index (χ1n) is 9.04. The van der Waals surface area contributed by atoms with Crippen molar-refractivity contribution >= 4 is 20.1 Å². The van der Waals surface area contributed by atoms with E-state index < -0.39 is 26.7 Å². The summed E-state index contributed by atoms with van der Waals surface area (Å²) < 4.78 is 51.6. The van der Waals surface area contributed by atoms with E-state index in [0.717, 1.165) is 6.20 Å². The normalized spacial score (nSPS) is 13.7. The first-order chi connectivity index (χ1) is 13.3. The maximum Gasteiger partial charge on any atom is 0.419 e. The van der Waals surface area contributed by atoms with Crippen molar-refractivity contribution in [2.75, 3.05) is 5.32 Å². The number of carbonyl (C=O) groups is 1. The number of para-hydroxylation sites is 1. The Morgan fingerprint density at radius 2 is 1.69 bits per heavy atom. The zero-order valence-electron chi connectivity index (χ0n) is 17.0. The highest BCUT2D eigenvalue weighted by atomic mass is 28.4. The van der Waals surface area contributed by atoms with Gasteiger partial charge in [0.1, 0.15) is 5.75 Å². The molecule has 9 heteroatoms. The summed E-state index contributed by atoms with van der Waals surface area (Å²) in [5.74, 6) is 0.342. The molecule has 0 spiro atoms. The van der Waals surface area contributed by atoms with Gasteiger partial charge in [-0.3, -0.25) is 10.3 Å². The lowest BCUT2D eigenvalue weighted by molar-refractivity contribution is -0.202. The van der Waals surface area contributed by atoms with Crippen LogP contribution in [0.15, 0.2) is 48.7 Å². The number of alkyl halides is 3. The van der Waals surface area contributed by atoms with Crippen LogP contribution in [0.25, 0.3) is 0 Å². The second kappa shape index (κ2) is 8.54. The number of pyridine rings is 1. The predicted molar refractivity (Wildman–Crippen MR) is 107 cm³/mol. The van der Waals surface area contributed by atoms with Crippen molar-refractivity contribution in [1.29, 1.82) is 0 Å². The number of amides is 1. The molecule has 2 rings (SSSR count). The number of hydrogen-bond donors (Lipinski definition) is 1. The summed E-state index contributed by atoms with van der Waals surface area (Å²) in [6.45, 7) is 9.10. The molecule has 1 heterocycles. The lowest BCUT2D eigenvalue weighted by Crippen LogP contribution is -2.44. The van der Waals surface area contributed by atoms with Gasteiger partial charge in [0.15, 0.2) is 14.4 Å². The topological polar surface area (TPSA) is 60.5 Å². The lowest BCUT2D eigenvalue weighted by atomic mass is 10.2. The average molecular weight is 427 g/mol. The van der Waals surface area contributed by atoms with Gasteiger partial charge in [0, 0.05) is 0 Å². The van der Waals surface area contributed by atoms with E-state index in [9.17, 15) is 18.0 Å². The van der Waals surface area contributed by atoms with Gasteiger partial charge in [0.2, 0.25) is 0 Å². The first kappa shape index (κ1) is 22.9. The monoisotopic (exact) mass is 426 g/mol. The third-order valence-corrected chi connectivity index (χ3v) is 9.21. The molecule has 29 heavy (non-hydrogen) atoms. The fourth-order valence-corrected chi connectivity index (χ4v) is 3.34. The van der Waals surface area contributed by atoms with Crippen LogP contribution >= 0.6 is 0 Å². The van der Waals surface area contributed by atoms with Crippen LogP contribution in [0.3, 0.4) is 0 Å². The van der Waals surface area contributed by atoms with Crippen molar-refractivity contribution in [3.8, 4) is 5.75 Å². The molecule has 158 valence electrons. The number of benzene rings is 1. The summed E-state index contributed by atoms with van der Waals surface area (Å²) in [4.78, 5) is 15.8. The van der Waals surface area contributed by atoms with Crippen molar-refractivity contribution in [2.45, 2.75) is 51.2 Å². The Bertz CT molecular complexity index is 820. The minimum absolute atomic E-state index is 0.211. The second-order valence-corrected chi connectivity index (χ2v) is 12.9. The van der Waals surface area contributed by atoms with Gasteiger partial charge in [-0.25, -0.2) is 4.79 Å². The van der Waals surface area contributed by atoms with E-state index in [2.05, 4.69) is 10.3 Å². The van der Waals surface area contributed by atoms with E-state index in [1.807, 2.05) is 20.8 Å². The van der Waals surface area contributed by atoms with Gasteiger partial charge in [-0.1, -0.05) is 39.0 Å². The average Bonchev–Trinajstić information content (AvgIpc) is 2.59. The molecule has 1 atom stereocenters. The molecule has 0 aliphatic rings. The van der Waals surface area contributed by atoms with Gasteiger partial charge in [0.05, 0.1) is 17.6 Å². The Morgan fingerprint density at radius 1 is 1.07 bits per heavy atom. The molecule has 1 N–H and O–H groups in total.